The lowest BCUT2D eigenvalue weighted by Gasteiger charge is -2.19. The van der Waals surface area contributed by atoms with Crippen LogP contribution in [-0.2, 0) is 0 Å². The Morgan fingerprint density at radius 3 is 2.26 bits per heavy atom. The lowest BCUT2D eigenvalue weighted by atomic mass is 9.99. The van der Waals surface area contributed by atoms with Crippen molar-refractivity contribution in [3.05, 3.63) is 65.0 Å². The summed E-state index contributed by atoms with van der Waals surface area (Å²) in [7, 11) is 0. The molecule has 2 rings (SSSR count). The van der Waals surface area contributed by atoms with Crippen LogP contribution < -0.4 is 5.32 Å². The van der Waals surface area contributed by atoms with E-state index in [4.69, 9.17) is 0 Å². The van der Waals surface area contributed by atoms with E-state index in [1.165, 1.54) is 16.7 Å². The number of hydrogen-bond donors (Lipinski definition) is 1. The van der Waals surface area contributed by atoms with Crippen molar-refractivity contribution in [1.82, 2.24) is 10.3 Å². The topological polar surface area (TPSA) is 24.9 Å². The fraction of sp³-hybridized carbons (Fsp3) is 0.353. The molecule has 1 atom stereocenters. The van der Waals surface area contributed by atoms with Gasteiger partial charge in [0.15, 0.2) is 0 Å². The molecule has 0 bridgehead atoms. The molecule has 0 fully saturated rings. The van der Waals surface area contributed by atoms with E-state index < -0.39 is 0 Å². The molecule has 1 unspecified atom stereocenters. The molecule has 0 amide bonds. The third-order valence-corrected chi connectivity index (χ3v) is 3.28. The minimum absolute atomic E-state index is 0.230. The summed E-state index contributed by atoms with van der Waals surface area (Å²) in [6, 6.07) is 13.2. The molecule has 2 aromatic rings. The zero-order valence-electron chi connectivity index (χ0n) is 12.0. The van der Waals surface area contributed by atoms with Gasteiger partial charge in [0.2, 0.25) is 0 Å². The molecule has 0 saturated carbocycles. The van der Waals surface area contributed by atoms with Gasteiger partial charge in [-0.1, -0.05) is 42.8 Å². The molecular weight excluding hydrogens is 232 g/mol. The van der Waals surface area contributed by atoms with Crippen molar-refractivity contribution in [2.45, 2.75) is 33.2 Å². The van der Waals surface area contributed by atoms with Crippen LogP contribution in [0.4, 0.5) is 0 Å². The van der Waals surface area contributed by atoms with Crippen molar-refractivity contribution >= 4 is 0 Å². The highest BCUT2D eigenvalue weighted by Crippen LogP contribution is 2.22. The van der Waals surface area contributed by atoms with Crippen LogP contribution >= 0.6 is 0 Å². The first-order valence-electron chi connectivity index (χ1n) is 6.93. The van der Waals surface area contributed by atoms with Crippen LogP contribution in [0, 0.1) is 13.8 Å². The minimum atomic E-state index is 0.230. The molecule has 1 N–H and O–H groups in total. The summed E-state index contributed by atoms with van der Waals surface area (Å²) in [4.78, 5) is 4.41. The van der Waals surface area contributed by atoms with E-state index in [0.29, 0.717) is 0 Å². The summed E-state index contributed by atoms with van der Waals surface area (Å²) >= 11 is 0. The summed E-state index contributed by atoms with van der Waals surface area (Å²) in [5, 5.41) is 3.60. The summed E-state index contributed by atoms with van der Waals surface area (Å²) < 4.78 is 0. The van der Waals surface area contributed by atoms with Crippen LogP contribution in [-0.4, -0.2) is 11.5 Å². The first-order chi connectivity index (χ1) is 9.20. The molecule has 0 aliphatic rings. The number of nitrogens with one attached hydrogen (secondary N) is 1. The molecule has 19 heavy (non-hydrogen) atoms. The van der Waals surface area contributed by atoms with E-state index in [1.807, 2.05) is 13.1 Å². The lowest BCUT2D eigenvalue weighted by molar-refractivity contribution is 0.596. The van der Waals surface area contributed by atoms with Crippen LogP contribution in [0.2, 0.25) is 0 Å². The number of aryl methyl sites for hydroxylation is 2. The molecule has 100 valence electrons. The molecule has 1 aromatic carbocycles. The molecule has 1 aromatic heterocycles. The molecule has 2 heteroatoms. The predicted octanol–water partition coefficient (Wildman–Crippen LogP) is 3.79. The van der Waals surface area contributed by atoms with E-state index >= 15 is 0 Å². The predicted molar refractivity (Wildman–Crippen MR) is 80.3 cm³/mol. The number of aromatic nitrogens is 1. The standard InChI is InChI=1S/C17H22N2/c1-4-11-18-17(15-8-5-13(2)6-9-15)16-10-7-14(3)19-12-16/h5-10,12,17-18H,4,11H2,1-3H3. The Bertz CT molecular complexity index is 454. The van der Waals surface area contributed by atoms with E-state index in [1.54, 1.807) is 0 Å². The Morgan fingerprint density at radius 2 is 1.68 bits per heavy atom. The Kier molecular flexibility index (Phi) is 4.69. The Hall–Kier alpha value is -1.67. The van der Waals surface area contributed by atoms with Gasteiger partial charge in [-0.25, -0.2) is 0 Å². The Morgan fingerprint density at radius 1 is 1.00 bits per heavy atom. The highest BCUT2D eigenvalue weighted by atomic mass is 14.9. The number of pyridine rings is 1. The number of rotatable bonds is 5. The highest BCUT2D eigenvalue weighted by Gasteiger charge is 2.13. The lowest BCUT2D eigenvalue weighted by Crippen LogP contribution is -2.23. The maximum absolute atomic E-state index is 4.41. The van der Waals surface area contributed by atoms with Crippen molar-refractivity contribution in [1.29, 1.82) is 0 Å². The molecule has 0 spiro atoms. The van der Waals surface area contributed by atoms with Gasteiger partial charge in [0.1, 0.15) is 0 Å². The van der Waals surface area contributed by atoms with Gasteiger partial charge in [-0.15, -0.1) is 0 Å². The van der Waals surface area contributed by atoms with Crippen molar-refractivity contribution in [2.75, 3.05) is 6.54 Å². The molecular formula is C17H22N2. The van der Waals surface area contributed by atoms with Gasteiger partial charge >= 0.3 is 0 Å². The number of nitrogens with zero attached hydrogens (tertiary/aromatic N) is 1. The molecule has 0 radical (unpaired) electrons. The zero-order chi connectivity index (χ0) is 13.7. The van der Waals surface area contributed by atoms with E-state index in [9.17, 15) is 0 Å². The third-order valence-electron chi connectivity index (χ3n) is 3.28. The average molecular weight is 254 g/mol. The van der Waals surface area contributed by atoms with E-state index in [2.05, 4.69) is 60.5 Å². The maximum Gasteiger partial charge on any atom is 0.0591 e. The molecule has 0 aliphatic carbocycles. The van der Waals surface area contributed by atoms with Crippen LogP contribution in [0.1, 0.15) is 41.8 Å². The first-order valence-corrected chi connectivity index (χ1v) is 6.93. The van der Waals surface area contributed by atoms with Crippen molar-refractivity contribution in [2.24, 2.45) is 0 Å². The van der Waals surface area contributed by atoms with E-state index in [-0.39, 0.29) is 6.04 Å². The monoisotopic (exact) mass is 254 g/mol. The second kappa shape index (κ2) is 6.48. The van der Waals surface area contributed by atoms with Crippen molar-refractivity contribution in [3.8, 4) is 0 Å². The van der Waals surface area contributed by atoms with Gasteiger partial charge in [0.05, 0.1) is 6.04 Å². The molecule has 0 saturated heterocycles. The summed E-state index contributed by atoms with van der Waals surface area (Å²) in [5.74, 6) is 0. The normalized spacial score (nSPS) is 12.4. The first kappa shape index (κ1) is 13.8. The Labute approximate surface area is 115 Å². The highest BCUT2D eigenvalue weighted by molar-refractivity contribution is 5.32. The van der Waals surface area contributed by atoms with Gasteiger partial charge in [-0.2, -0.15) is 0 Å². The van der Waals surface area contributed by atoms with Crippen LogP contribution in [0.25, 0.3) is 0 Å². The second-order valence-electron chi connectivity index (χ2n) is 5.03. The zero-order valence-corrected chi connectivity index (χ0v) is 12.0. The van der Waals surface area contributed by atoms with Crippen molar-refractivity contribution in [3.63, 3.8) is 0 Å². The molecule has 1 heterocycles. The fourth-order valence-corrected chi connectivity index (χ4v) is 2.13. The smallest absolute Gasteiger partial charge is 0.0591 e. The molecule has 0 aliphatic heterocycles. The van der Waals surface area contributed by atoms with Gasteiger partial charge in [0.25, 0.3) is 0 Å². The van der Waals surface area contributed by atoms with Gasteiger partial charge in [0, 0.05) is 11.9 Å². The number of hydrogen-bond acceptors (Lipinski definition) is 2. The van der Waals surface area contributed by atoms with Crippen molar-refractivity contribution < 1.29 is 0 Å². The van der Waals surface area contributed by atoms with Gasteiger partial charge in [-0.3, -0.25) is 4.98 Å². The van der Waals surface area contributed by atoms with E-state index in [0.717, 1.165) is 18.7 Å². The fourth-order valence-electron chi connectivity index (χ4n) is 2.13. The largest absolute Gasteiger partial charge is 0.306 e. The average Bonchev–Trinajstić information content (AvgIpc) is 2.43. The van der Waals surface area contributed by atoms with Crippen LogP contribution in [0.3, 0.4) is 0 Å². The summed E-state index contributed by atoms with van der Waals surface area (Å²) in [5.41, 5.74) is 4.87. The minimum Gasteiger partial charge on any atom is -0.306 e. The van der Waals surface area contributed by atoms with Gasteiger partial charge in [-0.05, 0) is 44.0 Å². The quantitative estimate of drug-likeness (QED) is 0.878. The second-order valence-corrected chi connectivity index (χ2v) is 5.03. The SMILES string of the molecule is CCCNC(c1ccc(C)cc1)c1ccc(C)nc1. The van der Waals surface area contributed by atoms with Gasteiger partial charge < -0.3 is 5.32 Å². The maximum atomic E-state index is 4.41. The van der Waals surface area contributed by atoms with Crippen LogP contribution in [0.15, 0.2) is 42.6 Å². The Balaban J connectivity index is 2.29. The third kappa shape index (κ3) is 3.65. The number of benzene rings is 1. The van der Waals surface area contributed by atoms with Crippen LogP contribution in [0.5, 0.6) is 0 Å². The summed E-state index contributed by atoms with van der Waals surface area (Å²) in [6.07, 6.45) is 3.10. The summed E-state index contributed by atoms with van der Waals surface area (Å²) in [6.45, 7) is 7.33. The molecule has 2 nitrogen and oxygen atoms in total.